The van der Waals surface area contributed by atoms with Crippen molar-refractivity contribution in [2.24, 2.45) is 0 Å². The number of aliphatic hydroxyl groups excluding tert-OH is 3. The van der Waals surface area contributed by atoms with E-state index >= 15 is 0 Å². The molecule has 8 aliphatic rings. The second-order valence-electron chi connectivity index (χ2n) is 15.8. The van der Waals surface area contributed by atoms with Gasteiger partial charge in [-0.2, -0.15) is 0 Å². The van der Waals surface area contributed by atoms with E-state index in [9.17, 15) is 15.3 Å². The summed E-state index contributed by atoms with van der Waals surface area (Å²) >= 11 is 0. The minimum Gasteiger partial charge on any atom is -0.396 e. The molecule has 0 aliphatic carbocycles. The van der Waals surface area contributed by atoms with Crippen molar-refractivity contribution in [1.82, 2.24) is 0 Å². The second-order valence-corrected chi connectivity index (χ2v) is 15.8. The molecule has 11 heteroatoms. The SMILES string of the molecule is C[C@H]1O[C@H]2C[C@H]3O[C@@]4(C)C[C@H]5O[C@H]6C[C@H]7O[C@H]8CC[C@@H](O)[C@](C)(CCCO)O[C@@H]8C[C@@H]7O[C@@H]6C[C@@H]5O[C@@H]4CC[C@@H]3O[C@@H]2C[C@@H]1O. The monoisotopic (exact) mass is 638 g/mol. The Kier molecular flexibility index (Phi) is 8.59. The highest BCUT2D eigenvalue weighted by atomic mass is 16.6. The summed E-state index contributed by atoms with van der Waals surface area (Å²) in [5.74, 6) is 0. The Bertz CT molecular complexity index is 1060. The maximum absolute atomic E-state index is 10.9. The highest BCUT2D eigenvalue weighted by Crippen LogP contribution is 2.49. The smallest absolute Gasteiger partial charge is 0.0945 e. The largest absolute Gasteiger partial charge is 0.396 e. The molecule has 8 rings (SSSR count). The van der Waals surface area contributed by atoms with Crippen LogP contribution in [0.3, 0.4) is 0 Å². The van der Waals surface area contributed by atoms with Gasteiger partial charge in [-0.25, -0.2) is 0 Å². The highest BCUT2D eigenvalue weighted by molar-refractivity contribution is 5.06. The van der Waals surface area contributed by atoms with Crippen LogP contribution in [0.25, 0.3) is 0 Å². The van der Waals surface area contributed by atoms with Crippen LogP contribution in [0.2, 0.25) is 0 Å². The lowest BCUT2D eigenvalue weighted by molar-refractivity contribution is -0.325. The van der Waals surface area contributed by atoms with Crippen molar-refractivity contribution in [3.05, 3.63) is 0 Å². The number of aliphatic hydroxyl groups is 3. The quantitative estimate of drug-likeness (QED) is 0.421. The zero-order valence-corrected chi connectivity index (χ0v) is 27.0. The van der Waals surface area contributed by atoms with E-state index in [0.29, 0.717) is 25.7 Å². The van der Waals surface area contributed by atoms with E-state index in [2.05, 4.69) is 6.92 Å². The first-order chi connectivity index (χ1) is 21.6. The van der Waals surface area contributed by atoms with Gasteiger partial charge in [-0.1, -0.05) is 0 Å². The summed E-state index contributed by atoms with van der Waals surface area (Å²) < 4.78 is 53.2. The Hall–Kier alpha value is -0.440. The fraction of sp³-hybridized carbons (Fsp3) is 1.00. The van der Waals surface area contributed by atoms with Gasteiger partial charge in [-0.05, 0) is 59.3 Å². The summed E-state index contributed by atoms with van der Waals surface area (Å²) in [6, 6.07) is 0. The summed E-state index contributed by atoms with van der Waals surface area (Å²) in [6.45, 7) is 6.16. The van der Waals surface area contributed by atoms with Crippen LogP contribution in [-0.4, -0.2) is 131 Å². The molecule has 0 amide bonds. The van der Waals surface area contributed by atoms with Crippen molar-refractivity contribution in [2.75, 3.05) is 6.61 Å². The normalized spacial score (nSPS) is 57.7. The molecule has 45 heavy (non-hydrogen) atoms. The van der Waals surface area contributed by atoms with Crippen molar-refractivity contribution < 1.29 is 53.2 Å². The zero-order chi connectivity index (χ0) is 31.1. The minimum atomic E-state index is -0.701. The molecular formula is C34H54O11. The number of hydrogen-bond donors (Lipinski definition) is 3. The third-order valence-electron chi connectivity index (χ3n) is 12.6. The summed E-state index contributed by atoms with van der Waals surface area (Å²) in [7, 11) is 0. The summed E-state index contributed by atoms with van der Waals surface area (Å²) in [6.07, 6.45) is 6.42. The number of fused-ring (bicyclic) bond motifs is 7. The molecule has 8 aliphatic heterocycles. The molecule has 8 saturated heterocycles. The van der Waals surface area contributed by atoms with E-state index in [1.165, 1.54) is 0 Å². The van der Waals surface area contributed by atoms with Crippen LogP contribution in [0.4, 0.5) is 0 Å². The maximum Gasteiger partial charge on any atom is 0.0945 e. The van der Waals surface area contributed by atoms with E-state index in [-0.39, 0.29) is 92.1 Å². The van der Waals surface area contributed by atoms with Gasteiger partial charge >= 0.3 is 0 Å². The van der Waals surface area contributed by atoms with Crippen LogP contribution in [0, 0.1) is 0 Å². The Morgan fingerprint density at radius 1 is 0.578 bits per heavy atom. The van der Waals surface area contributed by atoms with Gasteiger partial charge < -0.3 is 53.2 Å². The molecule has 8 fully saturated rings. The molecule has 18 atom stereocenters. The molecule has 0 bridgehead atoms. The Labute approximate surface area is 266 Å². The van der Waals surface area contributed by atoms with Crippen LogP contribution in [-0.2, 0) is 37.9 Å². The molecule has 3 N–H and O–H groups in total. The van der Waals surface area contributed by atoms with Crippen molar-refractivity contribution in [3.63, 3.8) is 0 Å². The fourth-order valence-electron chi connectivity index (χ4n) is 9.93. The van der Waals surface area contributed by atoms with E-state index in [0.717, 1.165) is 51.4 Å². The van der Waals surface area contributed by atoms with Gasteiger partial charge in [0.2, 0.25) is 0 Å². The molecule has 256 valence electrons. The summed E-state index contributed by atoms with van der Waals surface area (Å²) in [5, 5.41) is 30.7. The molecule has 0 aromatic rings. The molecule has 8 heterocycles. The van der Waals surface area contributed by atoms with Gasteiger partial charge in [0.05, 0.1) is 109 Å². The molecule has 0 saturated carbocycles. The predicted octanol–water partition coefficient (Wildman–Crippen LogP) is 2.32. The predicted molar refractivity (Wildman–Crippen MR) is 159 cm³/mol. The van der Waals surface area contributed by atoms with Crippen molar-refractivity contribution in [1.29, 1.82) is 0 Å². The van der Waals surface area contributed by atoms with Crippen LogP contribution in [0.1, 0.15) is 97.8 Å². The van der Waals surface area contributed by atoms with Gasteiger partial charge in [0, 0.05) is 45.1 Å². The van der Waals surface area contributed by atoms with Crippen molar-refractivity contribution >= 4 is 0 Å². The standard InChI is InChI=1S/C34H54O11/c1-17-18(36)11-21-22(38-17)14-29-20(39-21)6-8-32-34(3,45-29)16-30-27(43-32)13-24-25(42-30)12-23-26(41-24)15-28-19(40-23)5-7-31(37)33(2,44-28)9-4-10-35/h17-32,35-37H,4-16H2,1-3H3/t17-,18+,19+,20+,21-,22+,23-,24-,25+,26+,27+,28-,29-,30-,31-,32-,33+,34+/m1/s1. The molecule has 0 spiro atoms. The van der Waals surface area contributed by atoms with Crippen molar-refractivity contribution in [2.45, 2.75) is 207 Å². The summed E-state index contributed by atoms with van der Waals surface area (Å²) in [4.78, 5) is 0. The number of rotatable bonds is 3. The Morgan fingerprint density at radius 2 is 1.11 bits per heavy atom. The molecule has 0 aromatic carbocycles. The maximum atomic E-state index is 10.9. The topological polar surface area (TPSA) is 135 Å². The first-order valence-corrected chi connectivity index (χ1v) is 17.9. The highest BCUT2D eigenvalue weighted by Gasteiger charge is 2.58. The lowest BCUT2D eigenvalue weighted by atomic mass is 9.80. The first-order valence-electron chi connectivity index (χ1n) is 17.9. The zero-order valence-electron chi connectivity index (χ0n) is 27.0. The van der Waals surface area contributed by atoms with Gasteiger partial charge in [0.15, 0.2) is 0 Å². The molecule has 11 nitrogen and oxygen atoms in total. The number of hydrogen-bond acceptors (Lipinski definition) is 11. The molecule has 0 aromatic heterocycles. The molecular weight excluding hydrogens is 584 g/mol. The lowest BCUT2D eigenvalue weighted by Gasteiger charge is -2.55. The van der Waals surface area contributed by atoms with Gasteiger partial charge in [0.1, 0.15) is 0 Å². The van der Waals surface area contributed by atoms with Crippen LogP contribution in [0.15, 0.2) is 0 Å². The van der Waals surface area contributed by atoms with Crippen LogP contribution >= 0.6 is 0 Å². The average Bonchev–Trinajstić information content (AvgIpc) is 3.21. The van der Waals surface area contributed by atoms with E-state index in [1.807, 2.05) is 13.8 Å². The first kappa shape index (κ1) is 31.8. The van der Waals surface area contributed by atoms with Gasteiger partial charge in [-0.15, -0.1) is 0 Å². The number of ether oxygens (including phenoxy) is 8. The van der Waals surface area contributed by atoms with E-state index in [4.69, 9.17) is 37.9 Å². The van der Waals surface area contributed by atoms with Gasteiger partial charge in [0.25, 0.3) is 0 Å². The third-order valence-corrected chi connectivity index (χ3v) is 12.6. The van der Waals surface area contributed by atoms with E-state index in [1.54, 1.807) is 0 Å². The van der Waals surface area contributed by atoms with Crippen molar-refractivity contribution in [3.8, 4) is 0 Å². The van der Waals surface area contributed by atoms with E-state index < -0.39 is 23.4 Å². The van der Waals surface area contributed by atoms with Crippen LogP contribution in [0.5, 0.6) is 0 Å². The average molecular weight is 639 g/mol. The second kappa shape index (κ2) is 12.2. The summed E-state index contributed by atoms with van der Waals surface area (Å²) in [5.41, 5.74) is -1.19. The van der Waals surface area contributed by atoms with Crippen LogP contribution < -0.4 is 0 Å². The third kappa shape index (κ3) is 5.83. The lowest BCUT2D eigenvalue weighted by Crippen LogP contribution is -2.65. The molecule has 0 unspecified atom stereocenters. The molecule has 0 radical (unpaired) electrons. The fourth-order valence-corrected chi connectivity index (χ4v) is 9.93. The Morgan fingerprint density at radius 3 is 1.80 bits per heavy atom. The van der Waals surface area contributed by atoms with Gasteiger partial charge in [-0.3, -0.25) is 0 Å². The Balaban J connectivity index is 0.926. The minimum absolute atomic E-state index is 0.0304.